The van der Waals surface area contributed by atoms with Crippen molar-refractivity contribution in [3.63, 3.8) is 0 Å². The Morgan fingerprint density at radius 1 is 1.13 bits per heavy atom. The number of benzene rings is 2. The van der Waals surface area contributed by atoms with E-state index in [1.54, 1.807) is 36.4 Å². The molecular weight excluding hydrogens is 320 g/mol. The molecule has 114 valence electrons. The van der Waals surface area contributed by atoms with Gasteiger partial charge in [-0.25, -0.2) is 9.79 Å². The maximum Gasteiger partial charge on any atom is 0.363 e. The molecule has 0 saturated heterocycles. The number of esters is 1. The fourth-order valence-corrected chi connectivity index (χ4v) is 2.17. The largest absolute Gasteiger partial charge is 0.402 e. The lowest BCUT2D eigenvalue weighted by Gasteiger charge is -1.98. The van der Waals surface area contributed by atoms with Crippen LogP contribution >= 0.6 is 11.6 Å². The maximum absolute atomic E-state index is 11.9. The van der Waals surface area contributed by atoms with Crippen LogP contribution in [0.4, 0.5) is 5.69 Å². The highest BCUT2D eigenvalue weighted by Gasteiger charge is 2.25. The normalized spacial score (nSPS) is 15.4. The molecule has 7 heteroatoms. The highest BCUT2D eigenvalue weighted by atomic mass is 35.5. The molecule has 2 aromatic carbocycles. The number of para-hydroxylation sites is 1. The summed E-state index contributed by atoms with van der Waals surface area (Å²) in [7, 11) is 0. The second kappa shape index (κ2) is 6.02. The standard InChI is InChI=1S/C16H9ClN2O4/c17-12-7-5-10(6-8-12)15-18-13(16(20)23-15)9-11-3-1-2-4-14(11)19(21)22/h1-9H/b13-9-. The number of hydrogen-bond acceptors (Lipinski definition) is 5. The molecule has 1 aliphatic heterocycles. The van der Waals surface area contributed by atoms with E-state index in [4.69, 9.17) is 16.3 Å². The van der Waals surface area contributed by atoms with Crippen molar-refractivity contribution in [1.82, 2.24) is 0 Å². The van der Waals surface area contributed by atoms with Gasteiger partial charge in [0.2, 0.25) is 5.90 Å². The summed E-state index contributed by atoms with van der Waals surface area (Å²) in [6.45, 7) is 0. The van der Waals surface area contributed by atoms with Gasteiger partial charge in [-0.15, -0.1) is 0 Å². The summed E-state index contributed by atoms with van der Waals surface area (Å²) in [4.78, 5) is 26.5. The monoisotopic (exact) mass is 328 g/mol. The quantitative estimate of drug-likeness (QED) is 0.373. The predicted octanol–water partition coefficient (Wildman–Crippen LogP) is 3.59. The van der Waals surface area contributed by atoms with Gasteiger partial charge in [0, 0.05) is 16.7 Å². The SMILES string of the molecule is O=C1OC(c2ccc(Cl)cc2)=N/C1=C\c1ccccc1[N+](=O)[O-]. The third kappa shape index (κ3) is 3.12. The molecule has 3 rings (SSSR count). The number of carbonyl (C=O) groups excluding carboxylic acids is 1. The lowest BCUT2D eigenvalue weighted by Crippen LogP contribution is -2.05. The minimum absolute atomic E-state index is 0.00394. The lowest BCUT2D eigenvalue weighted by atomic mass is 10.1. The Bertz CT molecular complexity index is 857. The van der Waals surface area contributed by atoms with Crippen LogP contribution in [0.3, 0.4) is 0 Å². The van der Waals surface area contributed by atoms with Crippen LogP contribution in [0, 0.1) is 10.1 Å². The molecule has 23 heavy (non-hydrogen) atoms. The van der Waals surface area contributed by atoms with E-state index in [9.17, 15) is 14.9 Å². The molecule has 2 aromatic rings. The molecule has 0 radical (unpaired) electrons. The molecule has 0 fully saturated rings. The molecule has 0 aromatic heterocycles. The highest BCUT2D eigenvalue weighted by molar-refractivity contribution is 6.30. The van der Waals surface area contributed by atoms with E-state index in [1.807, 2.05) is 0 Å². The van der Waals surface area contributed by atoms with Crippen molar-refractivity contribution in [1.29, 1.82) is 0 Å². The first kappa shape index (κ1) is 14.9. The number of halogens is 1. The van der Waals surface area contributed by atoms with Gasteiger partial charge >= 0.3 is 5.97 Å². The second-order valence-electron chi connectivity index (χ2n) is 4.66. The third-order valence-corrected chi connectivity index (χ3v) is 3.39. The van der Waals surface area contributed by atoms with Crippen molar-refractivity contribution >= 4 is 35.2 Å². The number of rotatable bonds is 3. The smallest absolute Gasteiger partial charge is 0.363 e. The van der Waals surface area contributed by atoms with E-state index < -0.39 is 10.9 Å². The summed E-state index contributed by atoms with van der Waals surface area (Å²) in [5.41, 5.74) is 0.770. The van der Waals surface area contributed by atoms with Crippen LogP contribution in [0.1, 0.15) is 11.1 Å². The minimum Gasteiger partial charge on any atom is -0.402 e. The summed E-state index contributed by atoms with van der Waals surface area (Å²) >= 11 is 5.81. The molecule has 1 heterocycles. The van der Waals surface area contributed by atoms with Gasteiger partial charge in [-0.1, -0.05) is 23.7 Å². The van der Waals surface area contributed by atoms with Crippen LogP contribution in [0.15, 0.2) is 59.2 Å². The van der Waals surface area contributed by atoms with Crippen LogP contribution < -0.4 is 0 Å². The number of nitrogens with zero attached hydrogens (tertiary/aromatic N) is 2. The zero-order chi connectivity index (χ0) is 16.4. The average molecular weight is 329 g/mol. The van der Waals surface area contributed by atoms with Gasteiger partial charge in [0.05, 0.1) is 10.5 Å². The second-order valence-corrected chi connectivity index (χ2v) is 5.10. The Morgan fingerprint density at radius 2 is 1.83 bits per heavy atom. The molecule has 0 unspecified atom stereocenters. The van der Waals surface area contributed by atoms with Crippen molar-refractivity contribution in [3.8, 4) is 0 Å². The van der Waals surface area contributed by atoms with E-state index in [0.717, 1.165) is 0 Å². The summed E-state index contributed by atoms with van der Waals surface area (Å²) in [6.07, 6.45) is 1.34. The molecule has 6 nitrogen and oxygen atoms in total. The van der Waals surface area contributed by atoms with Crippen LogP contribution in [-0.2, 0) is 9.53 Å². The number of nitro benzene ring substituents is 1. The zero-order valence-corrected chi connectivity index (χ0v) is 12.4. The Hall–Kier alpha value is -2.99. The van der Waals surface area contributed by atoms with E-state index in [2.05, 4.69) is 4.99 Å². The zero-order valence-electron chi connectivity index (χ0n) is 11.6. The van der Waals surface area contributed by atoms with Crippen molar-refractivity contribution in [2.24, 2.45) is 4.99 Å². The highest BCUT2D eigenvalue weighted by Crippen LogP contribution is 2.24. The Labute approximate surface area is 135 Å². The molecule has 0 aliphatic carbocycles. The number of aliphatic imine (C=N–C) groups is 1. The summed E-state index contributed by atoms with van der Waals surface area (Å²) < 4.78 is 5.10. The van der Waals surface area contributed by atoms with Gasteiger partial charge in [0.25, 0.3) is 5.69 Å². The van der Waals surface area contributed by atoms with Crippen molar-refractivity contribution in [2.45, 2.75) is 0 Å². The summed E-state index contributed by atoms with van der Waals surface area (Å²) in [5.74, 6) is -0.524. The topological polar surface area (TPSA) is 81.8 Å². The number of cyclic esters (lactones) is 1. The van der Waals surface area contributed by atoms with Gasteiger partial charge in [-0.05, 0) is 36.4 Å². The number of nitro groups is 1. The molecular formula is C16H9ClN2O4. The van der Waals surface area contributed by atoms with Gasteiger partial charge < -0.3 is 4.74 Å². The summed E-state index contributed by atoms with van der Waals surface area (Å²) in [6, 6.07) is 12.7. The van der Waals surface area contributed by atoms with Crippen LogP contribution in [-0.4, -0.2) is 16.8 Å². The van der Waals surface area contributed by atoms with E-state index in [-0.39, 0.29) is 22.8 Å². The molecule has 0 atom stereocenters. The van der Waals surface area contributed by atoms with Crippen molar-refractivity contribution in [2.75, 3.05) is 0 Å². The molecule has 0 spiro atoms. The molecule has 0 bridgehead atoms. The maximum atomic E-state index is 11.9. The fraction of sp³-hybridized carbons (Fsp3) is 0. The first-order valence-corrected chi connectivity index (χ1v) is 6.94. The number of hydrogen-bond donors (Lipinski definition) is 0. The van der Waals surface area contributed by atoms with E-state index in [0.29, 0.717) is 10.6 Å². The van der Waals surface area contributed by atoms with Crippen LogP contribution in [0.5, 0.6) is 0 Å². The lowest BCUT2D eigenvalue weighted by molar-refractivity contribution is -0.385. The predicted molar refractivity (Wildman–Crippen MR) is 85.2 cm³/mol. The number of carbonyl (C=O) groups is 1. The fourth-order valence-electron chi connectivity index (χ4n) is 2.05. The Balaban J connectivity index is 1.99. The van der Waals surface area contributed by atoms with Gasteiger partial charge in [0.15, 0.2) is 5.70 Å². The van der Waals surface area contributed by atoms with Crippen LogP contribution in [0.25, 0.3) is 6.08 Å². The van der Waals surface area contributed by atoms with Crippen molar-refractivity contribution < 1.29 is 14.5 Å². The van der Waals surface area contributed by atoms with Crippen LogP contribution in [0.2, 0.25) is 5.02 Å². The minimum atomic E-state index is -0.659. The summed E-state index contributed by atoms with van der Waals surface area (Å²) in [5, 5.41) is 11.6. The molecule has 0 N–H and O–H groups in total. The average Bonchev–Trinajstić information content (AvgIpc) is 2.89. The molecule has 0 amide bonds. The molecule has 1 aliphatic rings. The van der Waals surface area contributed by atoms with E-state index >= 15 is 0 Å². The van der Waals surface area contributed by atoms with E-state index in [1.165, 1.54) is 18.2 Å². The first-order chi connectivity index (χ1) is 11.0. The Morgan fingerprint density at radius 3 is 2.52 bits per heavy atom. The van der Waals surface area contributed by atoms with Gasteiger partial charge in [-0.3, -0.25) is 10.1 Å². The van der Waals surface area contributed by atoms with Crippen molar-refractivity contribution in [3.05, 3.63) is 80.5 Å². The first-order valence-electron chi connectivity index (χ1n) is 6.56. The number of ether oxygens (including phenoxy) is 1. The molecule has 0 saturated carbocycles. The Kier molecular flexibility index (Phi) is 3.91. The third-order valence-electron chi connectivity index (χ3n) is 3.14. The van der Waals surface area contributed by atoms with Gasteiger partial charge in [-0.2, -0.15) is 0 Å². The van der Waals surface area contributed by atoms with Gasteiger partial charge in [0.1, 0.15) is 0 Å².